The molecule has 3 aliphatic rings. The molecule has 0 aromatic heterocycles. The van der Waals surface area contributed by atoms with Crippen LogP contribution in [0.5, 0.6) is 0 Å². The van der Waals surface area contributed by atoms with Gasteiger partial charge in [-0.1, -0.05) is 12.5 Å². The van der Waals surface area contributed by atoms with Crippen LogP contribution in [0, 0.1) is 5.92 Å². The van der Waals surface area contributed by atoms with Crippen LogP contribution in [-0.2, 0) is 9.53 Å². The van der Waals surface area contributed by atoms with Gasteiger partial charge >= 0.3 is 0 Å². The van der Waals surface area contributed by atoms with Gasteiger partial charge in [-0.15, -0.1) is 0 Å². The lowest BCUT2D eigenvalue weighted by atomic mass is 9.74. The van der Waals surface area contributed by atoms with E-state index in [2.05, 4.69) is 6.08 Å². The number of Topliss-reactive ketones (excluding diaryl/α,β-unsaturated/α-hetero) is 1. The standard InChI is InChI=1S/C14H20O3/c1-9(15)7-14(16)8-11-6-10-4-2-3-5-12(14)13(10)17-11/h6,11-13,16H,2-5,7-8H2,1H3/t11-,12-,13+,14+/m0/s1. The van der Waals surface area contributed by atoms with Crippen LogP contribution in [0.2, 0.25) is 0 Å². The highest BCUT2D eigenvalue weighted by molar-refractivity contribution is 5.76. The zero-order chi connectivity index (χ0) is 12.0. The molecule has 17 heavy (non-hydrogen) atoms. The van der Waals surface area contributed by atoms with E-state index >= 15 is 0 Å². The van der Waals surface area contributed by atoms with Crippen LogP contribution in [-0.4, -0.2) is 28.7 Å². The lowest BCUT2D eigenvalue weighted by molar-refractivity contribution is -0.161. The maximum Gasteiger partial charge on any atom is 0.132 e. The predicted molar refractivity (Wildman–Crippen MR) is 63.6 cm³/mol. The minimum Gasteiger partial charge on any atom is -0.389 e. The molecule has 4 atom stereocenters. The molecule has 2 bridgehead atoms. The molecule has 2 aliphatic heterocycles. The monoisotopic (exact) mass is 236 g/mol. The molecule has 0 radical (unpaired) electrons. The molecular weight excluding hydrogens is 216 g/mol. The zero-order valence-corrected chi connectivity index (χ0v) is 10.3. The van der Waals surface area contributed by atoms with Crippen molar-refractivity contribution < 1.29 is 14.6 Å². The topological polar surface area (TPSA) is 46.5 Å². The van der Waals surface area contributed by atoms with Crippen LogP contribution < -0.4 is 0 Å². The van der Waals surface area contributed by atoms with Gasteiger partial charge in [-0.3, -0.25) is 4.79 Å². The lowest BCUT2D eigenvalue weighted by Crippen LogP contribution is -2.51. The van der Waals surface area contributed by atoms with Crippen LogP contribution in [0.4, 0.5) is 0 Å². The summed E-state index contributed by atoms with van der Waals surface area (Å²) in [4.78, 5) is 11.4. The summed E-state index contributed by atoms with van der Waals surface area (Å²) in [6.45, 7) is 1.57. The van der Waals surface area contributed by atoms with Crippen LogP contribution in [0.1, 0.15) is 45.4 Å². The molecule has 0 spiro atoms. The first-order valence-corrected chi connectivity index (χ1v) is 6.66. The van der Waals surface area contributed by atoms with E-state index < -0.39 is 5.60 Å². The van der Waals surface area contributed by atoms with Crippen molar-refractivity contribution in [2.45, 2.75) is 63.3 Å². The molecule has 1 aliphatic carbocycles. The lowest BCUT2D eigenvalue weighted by Gasteiger charge is -2.44. The molecule has 94 valence electrons. The number of hydrogen-bond acceptors (Lipinski definition) is 3. The fraction of sp³-hybridized carbons (Fsp3) is 0.786. The average molecular weight is 236 g/mol. The highest BCUT2D eigenvalue weighted by Gasteiger charge is 2.52. The Bertz CT molecular complexity index is 374. The third kappa shape index (κ3) is 1.85. The summed E-state index contributed by atoms with van der Waals surface area (Å²) >= 11 is 0. The molecule has 3 nitrogen and oxygen atoms in total. The number of rotatable bonds is 2. The Hall–Kier alpha value is -0.670. The minimum absolute atomic E-state index is 0.0358. The first-order chi connectivity index (χ1) is 8.08. The molecule has 1 N–H and O–H groups in total. The number of carbonyl (C=O) groups is 1. The summed E-state index contributed by atoms with van der Waals surface area (Å²) < 4.78 is 5.96. The fourth-order valence-corrected chi connectivity index (χ4v) is 3.86. The fourth-order valence-electron chi connectivity index (χ4n) is 3.86. The summed E-state index contributed by atoms with van der Waals surface area (Å²) in [5.74, 6) is 0.207. The van der Waals surface area contributed by atoms with Gasteiger partial charge in [0.15, 0.2) is 0 Å². The van der Waals surface area contributed by atoms with Gasteiger partial charge in [-0.2, -0.15) is 0 Å². The maximum atomic E-state index is 11.4. The summed E-state index contributed by atoms with van der Waals surface area (Å²) in [6, 6.07) is 0. The summed E-state index contributed by atoms with van der Waals surface area (Å²) in [5, 5.41) is 10.8. The van der Waals surface area contributed by atoms with E-state index in [9.17, 15) is 9.90 Å². The van der Waals surface area contributed by atoms with Crippen LogP contribution in [0.25, 0.3) is 0 Å². The van der Waals surface area contributed by atoms with Gasteiger partial charge in [0.25, 0.3) is 0 Å². The molecule has 2 heterocycles. The Morgan fingerprint density at radius 1 is 1.59 bits per heavy atom. The molecule has 0 unspecified atom stereocenters. The summed E-state index contributed by atoms with van der Waals surface area (Å²) in [7, 11) is 0. The molecule has 0 aromatic rings. The normalized spacial score (nSPS) is 44.1. The quantitative estimate of drug-likeness (QED) is 0.746. The first kappa shape index (κ1) is 11.4. The highest BCUT2D eigenvalue weighted by Crippen LogP contribution is 2.48. The number of hydrogen-bond donors (Lipinski definition) is 1. The van der Waals surface area contributed by atoms with Gasteiger partial charge in [0.05, 0.1) is 17.8 Å². The smallest absolute Gasteiger partial charge is 0.132 e. The van der Waals surface area contributed by atoms with Crippen molar-refractivity contribution in [2.75, 3.05) is 0 Å². The van der Waals surface area contributed by atoms with Crippen molar-refractivity contribution in [2.24, 2.45) is 5.92 Å². The van der Waals surface area contributed by atoms with Gasteiger partial charge in [0, 0.05) is 18.8 Å². The van der Waals surface area contributed by atoms with Crippen LogP contribution in [0.3, 0.4) is 0 Å². The highest BCUT2D eigenvalue weighted by atomic mass is 16.5. The maximum absolute atomic E-state index is 11.4. The van der Waals surface area contributed by atoms with Gasteiger partial charge < -0.3 is 9.84 Å². The number of aliphatic hydroxyl groups is 1. The molecule has 2 fully saturated rings. The van der Waals surface area contributed by atoms with Crippen molar-refractivity contribution in [3.8, 4) is 0 Å². The molecule has 1 saturated carbocycles. The third-order valence-corrected chi connectivity index (χ3v) is 4.48. The van der Waals surface area contributed by atoms with E-state index in [4.69, 9.17) is 4.74 Å². The second kappa shape index (κ2) is 3.92. The van der Waals surface area contributed by atoms with E-state index in [0.717, 1.165) is 19.3 Å². The Labute approximate surface area is 102 Å². The molecule has 0 amide bonds. The van der Waals surface area contributed by atoms with E-state index in [1.807, 2.05) is 0 Å². The van der Waals surface area contributed by atoms with Crippen molar-refractivity contribution >= 4 is 5.78 Å². The predicted octanol–water partition coefficient (Wildman–Crippen LogP) is 1.98. The summed E-state index contributed by atoms with van der Waals surface area (Å²) in [5.41, 5.74) is 0.541. The molecule has 3 rings (SSSR count). The minimum atomic E-state index is -0.831. The SMILES string of the molecule is CC(=O)C[C@@]1(O)C[C@@H]2C=C3CCCC[C@H]1[C@@H]3O2. The average Bonchev–Trinajstić information content (AvgIpc) is 2.41. The molecule has 3 heteroatoms. The van der Waals surface area contributed by atoms with Crippen molar-refractivity contribution in [1.82, 2.24) is 0 Å². The Balaban J connectivity index is 1.92. The van der Waals surface area contributed by atoms with E-state index in [-0.39, 0.29) is 30.3 Å². The second-order valence-corrected chi connectivity index (χ2v) is 5.88. The zero-order valence-electron chi connectivity index (χ0n) is 10.3. The number of carbonyl (C=O) groups excluding carboxylic acids is 1. The van der Waals surface area contributed by atoms with Crippen LogP contribution >= 0.6 is 0 Å². The van der Waals surface area contributed by atoms with Crippen molar-refractivity contribution in [3.63, 3.8) is 0 Å². The first-order valence-electron chi connectivity index (χ1n) is 6.66. The Kier molecular flexibility index (Phi) is 2.64. The van der Waals surface area contributed by atoms with Crippen LogP contribution in [0.15, 0.2) is 11.6 Å². The second-order valence-electron chi connectivity index (χ2n) is 5.88. The molecular formula is C14H20O3. The van der Waals surface area contributed by atoms with E-state index in [1.165, 1.54) is 12.0 Å². The third-order valence-electron chi connectivity index (χ3n) is 4.48. The number of fused-ring (bicyclic) bond motifs is 1. The number of ketones is 1. The van der Waals surface area contributed by atoms with Gasteiger partial charge in [-0.05, 0) is 31.8 Å². The largest absolute Gasteiger partial charge is 0.389 e. The summed E-state index contributed by atoms with van der Waals surface area (Å²) in [6.07, 6.45) is 7.60. The van der Waals surface area contributed by atoms with Crippen molar-refractivity contribution in [1.29, 1.82) is 0 Å². The molecule has 1 saturated heterocycles. The number of ether oxygens (including phenoxy) is 1. The Morgan fingerprint density at radius 3 is 3.18 bits per heavy atom. The van der Waals surface area contributed by atoms with E-state index in [0.29, 0.717) is 6.42 Å². The van der Waals surface area contributed by atoms with Gasteiger partial charge in [0.1, 0.15) is 5.78 Å². The van der Waals surface area contributed by atoms with Crippen molar-refractivity contribution in [3.05, 3.63) is 11.6 Å². The molecule has 0 aromatic carbocycles. The van der Waals surface area contributed by atoms with Gasteiger partial charge in [-0.25, -0.2) is 0 Å². The Morgan fingerprint density at radius 2 is 2.41 bits per heavy atom. The van der Waals surface area contributed by atoms with E-state index in [1.54, 1.807) is 6.92 Å². The van der Waals surface area contributed by atoms with Gasteiger partial charge in [0.2, 0.25) is 0 Å².